The molecule has 0 bridgehead atoms. The van der Waals surface area contributed by atoms with E-state index >= 15 is 0 Å². The summed E-state index contributed by atoms with van der Waals surface area (Å²) in [4.78, 5) is 34.7. The van der Waals surface area contributed by atoms with Crippen LogP contribution in [0.2, 0.25) is 0 Å². The molecule has 12 heteroatoms. The largest absolute Gasteiger partial charge is 0.351 e. The van der Waals surface area contributed by atoms with Crippen LogP contribution >= 0.6 is 0 Å². The fraction of sp³-hybridized carbons (Fsp3) is 0.400. The van der Waals surface area contributed by atoms with Crippen LogP contribution in [-0.4, -0.2) is 47.1 Å². The molecular formula is C20H22F3N7O2. The van der Waals surface area contributed by atoms with E-state index in [0.29, 0.717) is 48.1 Å². The maximum atomic E-state index is 13.3. The Morgan fingerprint density at radius 3 is 2.47 bits per heavy atom. The highest BCUT2D eigenvalue weighted by Crippen LogP contribution is 2.33. The van der Waals surface area contributed by atoms with Gasteiger partial charge in [-0.25, -0.2) is 22.9 Å². The SMILES string of the molecule is Cc1nc(NC2CC(NC(=O)Nc3cc(F)c(F)c(F)c3)C2)nc2c1NC(=O)C(C)N2C. The molecule has 0 radical (unpaired) electrons. The van der Waals surface area contributed by atoms with Gasteiger partial charge in [0.2, 0.25) is 11.9 Å². The lowest BCUT2D eigenvalue weighted by molar-refractivity contribution is -0.117. The first kappa shape index (κ1) is 21.7. The number of aromatic nitrogens is 2. The molecule has 2 aromatic rings. The van der Waals surface area contributed by atoms with Crippen LogP contribution in [0.5, 0.6) is 0 Å². The van der Waals surface area contributed by atoms with Gasteiger partial charge in [-0.2, -0.15) is 4.98 Å². The number of nitrogens with zero attached hydrogens (tertiary/aromatic N) is 3. The second-order valence-electron chi connectivity index (χ2n) is 7.97. The van der Waals surface area contributed by atoms with Gasteiger partial charge in [0.1, 0.15) is 11.7 Å². The maximum Gasteiger partial charge on any atom is 0.319 e. The number of amides is 3. The van der Waals surface area contributed by atoms with Crippen molar-refractivity contribution in [1.82, 2.24) is 15.3 Å². The van der Waals surface area contributed by atoms with Gasteiger partial charge in [0.25, 0.3) is 0 Å². The number of carbonyl (C=O) groups is 2. The number of nitrogens with one attached hydrogen (secondary N) is 4. The molecule has 1 aromatic carbocycles. The Labute approximate surface area is 181 Å². The van der Waals surface area contributed by atoms with Crippen molar-refractivity contribution >= 4 is 35.1 Å². The van der Waals surface area contributed by atoms with Gasteiger partial charge < -0.3 is 26.2 Å². The van der Waals surface area contributed by atoms with Crippen molar-refractivity contribution in [3.63, 3.8) is 0 Å². The predicted octanol–water partition coefficient (Wildman–Crippen LogP) is 2.74. The van der Waals surface area contributed by atoms with Gasteiger partial charge >= 0.3 is 6.03 Å². The fourth-order valence-corrected chi connectivity index (χ4v) is 3.63. The van der Waals surface area contributed by atoms with Crippen molar-refractivity contribution in [3.05, 3.63) is 35.3 Å². The van der Waals surface area contributed by atoms with E-state index < -0.39 is 23.5 Å². The average molecular weight is 449 g/mol. The smallest absolute Gasteiger partial charge is 0.319 e. The van der Waals surface area contributed by atoms with Crippen molar-refractivity contribution in [3.8, 4) is 0 Å². The third kappa shape index (κ3) is 4.12. The van der Waals surface area contributed by atoms with E-state index in [1.54, 1.807) is 25.8 Å². The highest BCUT2D eigenvalue weighted by molar-refractivity contribution is 6.03. The topological polar surface area (TPSA) is 111 Å². The lowest BCUT2D eigenvalue weighted by Crippen LogP contribution is -2.51. The molecule has 1 atom stereocenters. The molecule has 170 valence electrons. The molecule has 0 saturated heterocycles. The van der Waals surface area contributed by atoms with Gasteiger partial charge in [-0.1, -0.05) is 0 Å². The van der Waals surface area contributed by atoms with Crippen LogP contribution in [0.3, 0.4) is 0 Å². The minimum absolute atomic E-state index is 0.0133. The molecule has 1 saturated carbocycles. The predicted molar refractivity (Wildman–Crippen MR) is 112 cm³/mol. The molecule has 1 aliphatic heterocycles. The Balaban J connectivity index is 1.32. The zero-order valence-corrected chi connectivity index (χ0v) is 17.6. The summed E-state index contributed by atoms with van der Waals surface area (Å²) < 4.78 is 39.5. The van der Waals surface area contributed by atoms with E-state index in [4.69, 9.17) is 0 Å². The molecule has 1 aromatic heterocycles. The van der Waals surface area contributed by atoms with Crippen molar-refractivity contribution in [2.45, 2.75) is 44.8 Å². The van der Waals surface area contributed by atoms with E-state index in [2.05, 4.69) is 31.2 Å². The van der Waals surface area contributed by atoms with E-state index in [0.717, 1.165) is 0 Å². The normalized spacial score (nSPS) is 21.9. The van der Waals surface area contributed by atoms with E-state index in [9.17, 15) is 22.8 Å². The number of benzene rings is 1. The van der Waals surface area contributed by atoms with Crippen LogP contribution in [0, 0.1) is 24.4 Å². The van der Waals surface area contributed by atoms with Gasteiger partial charge in [-0.15, -0.1) is 0 Å². The third-order valence-electron chi connectivity index (χ3n) is 5.66. The Kier molecular flexibility index (Phi) is 5.53. The van der Waals surface area contributed by atoms with Crippen LogP contribution in [0.15, 0.2) is 12.1 Å². The molecule has 2 aliphatic rings. The summed E-state index contributed by atoms with van der Waals surface area (Å²) in [5.41, 5.74) is 1.03. The Morgan fingerprint density at radius 2 is 1.81 bits per heavy atom. The monoisotopic (exact) mass is 449 g/mol. The minimum atomic E-state index is -1.59. The second-order valence-corrected chi connectivity index (χ2v) is 7.97. The summed E-state index contributed by atoms with van der Waals surface area (Å²) in [6.07, 6.45) is 1.17. The minimum Gasteiger partial charge on any atom is -0.351 e. The first-order valence-electron chi connectivity index (χ1n) is 10.0. The van der Waals surface area contributed by atoms with Gasteiger partial charge in [0, 0.05) is 37.0 Å². The van der Waals surface area contributed by atoms with Crippen molar-refractivity contribution in [2.24, 2.45) is 0 Å². The summed E-state index contributed by atoms with van der Waals surface area (Å²) in [6.45, 7) is 3.57. The molecule has 1 aliphatic carbocycles. The number of urea groups is 1. The number of aryl methyl sites for hydroxylation is 1. The molecule has 32 heavy (non-hydrogen) atoms. The Bertz CT molecular complexity index is 1070. The number of anilines is 4. The molecule has 4 rings (SSSR count). The zero-order valence-electron chi connectivity index (χ0n) is 17.6. The molecule has 0 spiro atoms. The Morgan fingerprint density at radius 1 is 1.16 bits per heavy atom. The molecule has 3 amide bonds. The maximum absolute atomic E-state index is 13.3. The van der Waals surface area contributed by atoms with Gasteiger partial charge in [0.15, 0.2) is 23.3 Å². The molecule has 4 N–H and O–H groups in total. The second kappa shape index (κ2) is 8.17. The van der Waals surface area contributed by atoms with Crippen LogP contribution in [0.25, 0.3) is 0 Å². The van der Waals surface area contributed by atoms with E-state index in [1.807, 2.05) is 0 Å². The van der Waals surface area contributed by atoms with Crippen molar-refractivity contribution < 1.29 is 22.8 Å². The summed E-state index contributed by atoms with van der Waals surface area (Å²) in [5, 5.41) is 11.0. The summed E-state index contributed by atoms with van der Waals surface area (Å²) in [6, 6.07) is 0.260. The number of carbonyl (C=O) groups excluding carboxylic acids is 2. The van der Waals surface area contributed by atoms with Crippen LogP contribution in [-0.2, 0) is 4.79 Å². The quantitative estimate of drug-likeness (QED) is 0.535. The van der Waals surface area contributed by atoms with Crippen LogP contribution in [0.1, 0.15) is 25.5 Å². The summed E-state index contributed by atoms with van der Waals surface area (Å²) >= 11 is 0. The van der Waals surface area contributed by atoms with Crippen molar-refractivity contribution in [2.75, 3.05) is 27.9 Å². The van der Waals surface area contributed by atoms with Crippen LogP contribution < -0.4 is 26.2 Å². The van der Waals surface area contributed by atoms with Gasteiger partial charge in [0.05, 0.1) is 5.69 Å². The first-order chi connectivity index (χ1) is 15.1. The lowest BCUT2D eigenvalue weighted by Gasteiger charge is -2.37. The van der Waals surface area contributed by atoms with Gasteiger partial charge in [-0.3, -0.25) is 4.79 Å². The Hall–Kier alpha value is -3.57. The highest BCUT2D eigenvalue weighted by Gasteiger charge is 2.33. The number of rotatable bonds is 4. The van der Waals surface area contributed by atoms with E-state index in [1.165, 1.54) is 0 Å². The summed E-state index contributed by atoms with van der Waals surface area (Å²) in [5.74, 6) is -3.43. The molecule has 2 heterocycles. The number of likely N-dealkylation sites (N-methyl/N-ethyl adjacent to an activating group) is 1. The average Bonchev–Trinajstić information content (AvgIpc) is 2.69. The van der Waals surface area contributed by atoms with Gasteiger partial charge in [-0.05, 0) is 26.7 Å². The third-order valence-corrected chi connectivity index (χ3v) is 5.66. The number of halogens is 3. The summed E-state index contributed by atoms with van der Waals surface area (Å²) in [7, 11) is 1.79. The van der Waals surface area contributed by atoms with Crippen LogP contribution in [0.4, 0.5) is 41.1 Å². The molecule has 9 nitrogen and oxygen atoms in total. The molecular weight excluding hydrogens is 427 g/mol. The lowest BCUT2D eigenvalue weighted by atomic mass is 9.87. The molecule has 1 fully saturated rings. The first-order valence-corrected chi connectivity index (χ1v) is 10.0. The molecule has 1 unspecified atom stereocenters. The number of hydrogen-bond acceptors (Lipinski definition) is 6. The zero-order chi connectivity index (χ0) is 23.2. The number of fused-ring (bicyclic) bond motifs is 1. The fourth-order valence-electron chi connectivity index (χ4n) is 3.63. The highest BCUT2D eigenvalue weighted by atomic mass is 19.2. The van der Waals surface area contributed by atoms with Crippen molar-refractivity contribution in [1.29, 1.82) is 0 Å². The number of hydrogen-bond donors (Lipinski definition) is 4. The standard InChI is InChI=1S/C20H22F3N7O2/c1-8-16-17(30(3)9(2)18(31)28-16)29-19(24-8)25-10-4-11(5-10)26-20(32)27-12-6-13(21)15(23)14(22)7-12/h6-7,9-11H,4-5H2,1-3H3,(H,28,31)(H,24,25,29)(H2,26,27,32). The van der Waals surface area contributed by atoms with E-state index in [-0.39, 0.29) is 29.7 Å².